The van der Waals surface area contributed by atoms with Crippen LogP contribution in [-0.2, 0) is 10.0 Å². The van der Waals surface area contributed by atoms with Gasteiger partial charge in [0.1, 0.15) is 4.90 Å². The fourth-order valence-corrected chi connectivity index (χ4v) is 10.5. The Kier molecular flexibility index (Phi) is 6.62. The number of nitrogens with zero attached hydrogens (tertiary/aromatic N) is 4. The van der Waals surface area contributed by atoms with Crippen LogP contribution in [0.1, 0.15) is 78.6 Å². The Labute approximate surface area is 231 Å². The molecule has 4 saturated carbocycles. The largest absolute Gasteiger partial charge is 0.393 e. The van der Waals surface area contributed by atoms with Gasteiger partial charge in [-0.15, -0.1) is 0 Å². The van der Waals surface area contributed by atoms with Gasteiger partial charge in [0.05, 0.1) is 11.8 Å². The molecular weight excluding hydrogens is 514 g/mol. The van der Waals surface area contributed by atoms with Gasteiger partial charge >= 0.3 is 0 Å². The summed E-state index contributed by atoms with van der Waals surface area (Å²) in [6.45, 7) is 7.17. The van der Waals surface area contributed by atoms with Crippen LogP contribution in [0.25, 0.3) is 11.0 Å². The topological polar surface area (TPSA) is 121 Å². The van der Waals surface area contributed by atoms with E-state index in [-0.39, 0.29) is 21.9 Å². The van der Waals surface area contributed by atoms with Gasteiger partial charge in [-0.05, 0) is 122 Å². The van der Waals surface area contributed by atoms with Gasteiger partial charge in [-0.1, -0.05) is 13.8 Å². The van der Waals surface area contributed by atoms with E-state index in [2.05, 4.69) is 36.5 Å². The average Bonchev–Trinajstić information content (AvgIpc) is 3.52. The van der Waals surface area contributed by atoms with E-state index >= 15 is 0 Å². The predicted molar refractivity (Wildman–Crippen MR) is 151 cm³/mol. The van der Waals surface area contributed by atoms with Gasteiger partial charge in [0.25, 0.3) is 0 Å². The van der Waals surface area contributed by atoms with Gasteiger partial charge in [0.2, 0.25) is 10.0 Å². The summed E-state index contributed by atoms with van der Waals surface area (Å²) in [5.41, 5.74) is 6.02. The summed E-state index contributed by atoms with van der Waals surface area (Å²) in [5.74, 6) is 3.37. The number of fused-ring (bicyclic) bond motifs is 6. The molecule has 2 aromatic rings. The first kappa shape index (κ1) is 27.1. The molecule has 4 fully saturated rings. The minimum Gasteiger partial charge on any atom is -0.393 e. The lowest BCUT2D eigenvalue weighted by atomic mass is 9.44. The van der Waals surface area contributed by atoms with Crippen molar-refractivity contribution in [1.29, 1.82) is 0 Å². The number of nitrogens with one attached hydrogen (secondary N) is 1. The molecule has 4 aliphatic rings. The summed E-state index contributed by atoms with van der Waals surface area (Å²) in [6, 6.07) is 3.22. The second-order valence-corrected chi connectivity index (χ2v) is 15.6. The van der Waals surface area contributed by atoms with E-state index in [9.17, 15) is 13.5 Å². The maximum absolute atomic E-state index is 12.7. The number of rotatable bonds is 5. The van der Waals surface area contributed by atoms with Gasteiger partial charge in [-0.2, -0.15) is 5.10 Å². The highest BCUT2D eigenvalue weighted by atomic mass is 32.2. The number of hydrogen-bond acceptors (Lipinski definition) is 8. The minimum atomic E-state index is -3.69. The number of anilines is 1. The van der Waals surface area contributed by atoms with Crippen LogP contribution < -0.4 is 5.43 Å². The Balaban J connectivity index is 1.22. The van der Waals surface area contributed by atoms with E-state index in [1.807, 2.05) is 0 Å². The number of sulfonamides is 1. The van der Waals surface area contributed by atoms with Crippen LogP contribution in [0.3, 0.4) is 0 Å². The maximum Gasteiger partial charge on any atom is 0.244 e. The van der Waals surface area contributed by atoms with Crippen LogP contribution in [0, 0.1) is 40.4 Å². The van der Waals surface area contributed by atoms with Gasteiger partial charge in [-0.25, -0.2) is 17.4 Å². The maximum atomic E-state index is 12.7. The number of aromatic nitrogens is 2. The van der Waals surface area contributed by atoms with E-state index in [0.717, 1.165) is 47.0 Å². The molecule has 4 aliphatic carbocycles. The Morgan fingerprint density at radius 2 is 1.74 bits per heavy atom. The summed E-state index contributed by atoms with van der Waals surface area (Å²) >= 11 is 0. The summed E-state index contributed by atoms with van der Waals surface area (Å²) in [7, 11) is -0.708. The molecule has 1 aromatic heterocycles. The molecular formula is C29H43N5O4S. The normalized spacial score (nSPS) is 38.9. The Morgan fingerprint density at radius 1 is 1.03 bits per heavy atom. The van der Waals surface area contributed by atoms with Crippen molar-refractivity contribution in [2.75, 3.05) is 19.5 Å². The van der Waals surface area contributed by atoms with E-state index in [1.165, 1.54) is 58.7 Å². The Bertz CT molecular complexity index is 1390. The van der Waals surface area contributed by atoms with Crippen molar-refractivity contribution in [1.82, 2.24) is 14.6 Å². The zero-order valence-electron chi connectivity index (χ0n) is 23.9. The highest BCUT2D eigenvalue weighted by molar-refractivity contribution is 7.89. The Hall–Kier alpha value is -2.04. The van der Waals surface area contributed by atoms with Crippen molar-refractivity contribution < 1.29 is 18.2 Å². The lowest BCUT2D eigenvalue weighted by molar-refractivity contribution is -0.123. The summed E-state index contributed by atoms with van der Waals surface area (Å²) in [5, 5.41) is 23.0. The molecule has 0 bridgehead atoms. The molecule has 39 heavy (non-hydrogen) atoms. The lowest BCUT2D eigenvalue weighted by Gasteiger charge is -2.61. The second-order valence-electron chi connectivity index (χ2n) is 13.5. The molecule has 0 unspecified atom stereocenters. The number of benzene rings is 1. The standard InChI is InChI=1S/C29H43N5O4S/c1-17(30-31-24-10-11-25(39(36,37)34(4)5)27-26(24)32-38-33-27)21-8-9-22-20-7-6-18-16-19(35)12-14-28(18,2)23(20)13-15-29(21,22)3/h10-11,18-23,31,35H,6-9,12-16H2,1-5H3/b30-17+/t18-,19-,20-,21+,22-,23-,28-,29+/m0/s1. The fraction of sp³-hybridized carbons (Fsp3) is 0.759. The molecule has 0 radical (unpaired) electrons. The minimum absolute atomic E-state index is 0.0637. The molecule has 0 amide bonds. The molecule has 1 heterocycles. The van der Waals surface area contributed by atoms with Crippen molar-refractivity contribution >= 4 is 32.5 Å². The molecule has 214 valence electrons. The number of hydrogen-bond donors (Lipinski definition) is 2. The molecule has 0 spiro atoms. The molecule has 0 aliphatic heterocycles. The number of hydrazone groups is 1. The third kappa shape index (κ3) is 4.15. The summed E-state index contributed by atoms with van der Waals surface area (Å²) in [4.78, 5) is 0.0637. The Morgan fingerprint density at radius 3 is 2.51 bits per heavy atom. The van der Waals surface area contributed by atoms with Crippen LogP contribution in [0.15, 0.2) is 26.8 Å². The SMILES string of the molecule is C/C(=N\Nc1ccc(S(=O)(=O)N(C)C)c2nonc12)[C@H]1CC[C@H]2[C@@H]3CC[C@H]4C[C@@H](O)CC[C@]4(C)[C@H]3CC[C@]12C. The van der Waals surface area contributed by atoms with Crippen molar-refractivity contribution in [3.05, 3.63) is 12.1 Å². The molecule has 1 aromatic carbocycles. The van der Waals surface area contributed by atoms with Crippen molar-refractivity contribution in [3.8, 4) is 0 Å². The number of aliphatic hydroxyl groups excluding tert-OH is 1. The van der Waals surface area contributed by atoms with Crippen LogP contribution in [0.2, 0.25) is 0 Å². The van der Waals surface area contributed by atoms with Gasteiger partial charge in [0.15, 0.2) is 11.0 Å². The van der Waals surface area contributed by atoms with Crippen LogP contribution in [0.5, 0.6) is 0 Å². The highest BCUT2D eigenvalue weighted by Gasteiger charge is 2.60. The summed E-state index contributed by atoms with van der Waals surface area (Å²) < 4.78 is 31.6. The first-order valence-electron chi connectivity index (χ1n) is 14.6. The van der Waals surface area contributed by atoms with Crippen molar-refractivity contribution in [2.24, 2.45) is 45.5 Å². The van der Waals surface area contributed by atoms with Gasteiger partial charge in [0, 0.05) is 25.7 Å². The monoisotopic (exact) mass is 557 g/mol. The van der Waals surface area contributed by atoms with Crippen LogP contribution >= 0.6 is 0 Å². The van der Waals surface area contributed by atoms with Crippen molar-refractivity contribution in [3.63, 3.8) is 0 Å². The van der Waals surface area contributed by atoms with E-state index in [4.69, 9.17) is 9.73 Å². The van der Waals surface area contributed by atoms with E-state index < -0.39 is 10.0 Å². The zero-order valence-corrected chi connectivity index (χ0v) is 24.7. The third-order valence-electron chi connectivity index (χ3n) is 11.6. The first-order valence-corrected chi connectivity index (χ1v) is 16.1. The first-order chi connectivity index (χ1) is 18.5. The molecule has 6 rings (SSSR count). The third-order valence-corrected chi connectivity index (χ3v) is 13.5. The number of aliphatic hydroxyl groups is 1. The molecule has 9 nitrogen and oxygen atoms in total. The van der Waals surface area contributed by atoms with Crippen molar-refractivity contribution in [2.45, 2.75) is 89.6 Å². The smallest absolute Gasteiger partial charge is 0.244 e. The zero-order chi connectivity index (χ0) is 27.7. The molecule has 2 N–H and O–H groups in total. The fourth-order valence-electron chi connectivity index (χ4n) is 9.49. The second kappa shape index (κ2) is 9.52. The van der Waals surface area contributed by atoms with Gasteiger partial charge < -0.3 is 5.11 Å². The lowest BCUT2D eigenvalue weighted by Crippen LogP contribution is -2.54. The summed E-state index contributed by atoms with van der Waals surface area (Å²) in [6.07, 6.45) is 10.5. The highest BCUT2D eigenvalue weighted by Crippen LogP contribution is 2.67. The molecule has 10 heteroatoms. The molecule has 0 saturated heterocycles. The van der Waals surface area contributed by atoms with Crippen LogP contribution in [0.4, 0.5) is 5.69 Å². The van der Waals surface area contributed by atoms with Gasteiger partial charge in [-0.3, -0.25) is 5.43 Å². The average molecular weight is 558 g/mol. The van der Waals surface area contributed by atoms with E-state index in [0.29, 0.717) is 28.5 Å². The quantitative estimate of drug-likeness (QED) is 0.379. The van der Waals surface area contributed by atoms with E-state index in [1.54, 1.807) is 6.07 Å². The van der Waals surface area contributed by atoms with Crippen LogP contribution in [-0.4, -0.2) is 54.1 Å². The predicted octanol–water partition coefficient (Wildman–Crippen LogP) is 5.28. The molecule has 8 atom stereocenters.